The largest absolute Gasteiger partial charge is 0.550 e. The first-order valence-corrected chi connectivity index (χ1v) is 6.12. The topological polar surface area (TPSA) is 67.8 Å². The Balaban J connectivity index is 0. The van der Waals surface area contributed by atoms with Crippen LogP contribution >= 0.6 is 0 Å². The Labute approximate surface area is 94.1 Å². The molecule has 0 aliphatic carbocycles. The zero-order chi connectivity index (χ0) is 11.9. The van der Waals surface area contributed by atoms with Crippen LogP contribution in [0.3, 0.4) is 0 Å². The average Bonchev–Trinajstić information content (AvgIpc) is 2.16. The molecule has 92 valence electrons. The Hall–Kier alpha value is -0.570. The van der Waals surface area contributed by atoms with E-state index in [4.69, 9.17) is 9.90 Å². The van der Waals surface area contributed by atoms with Crippen molar-refractivity contribution in [2.24, 2.45) is 0 Å². The number of aliphatic carboxylic acids is 1. The number of rotatable bonds is 8. The van der Waals surface area contributed by atoms with Gasteiger partial charge in [0.15, 0.2) is 0 Å². The van der Waals surface area contributed by atoms with E-state index in [1.807, 2.05) is 0 Å². The van der Waals surface area contributed by atoms with Gasteiger partial charge in [-0.15, -0.1) is 0 Å². The van der Waals surface area contributed by atoms with Gasteiger partial charge in [-0.25, -0.2) is 0 Å². The third kappa shape index (κ3) is 31.8. The lowest BCUT2D eigenvalue weighted by Crippen LogP contribution is -2.50. The van der Waals surface area contributed by atoms with E-state index in [9.17, 15) is 0 Å². The molecule has 15 heavy (non-hydrogen) atoms. The second kappa shape index (κ2) is 15.9. The molecule has 0 amide bonds. The fraction of sp³-hybridized carbons (Fsp3) is 0.917. The molecule has 0 aromatic heterocycles. The first kappa shape index (κ1) is 16.8. The quantitative estimate of drug-likeness (QED) is 0.619. The maximum absolute atomic E-state index is 8.89. The van der Waals surface area contributed by atoms with Crippen LogP contribution in [-0.2, 0) is 4.79 Å². The van der Waals surface area contributed by atoms with Gasteiger partial charge in [0, 0.05) is 5.97 Å². The molecule has 0 aromatic carbocycles. The number of carboxylic acids is 1. The summed E-state index contributed by atoms with van der Waals surface area (Å²) in [5.41, 5.74) is 3.83. The molecule has 3 nitrogen and oxygen atoms in total. The van der Waals surface area contributed by atoms with E-state index in [1.165, 1.54) is 51.4 Å². The predicted molar refractivity (Wildman–Crippen MR) is 61.0 cm³/mol. The molecule has 3 heteroatoms. The van der Waals surface area contributed by atoms with E-state index in [0.717, 1.165) is 13.5 Å². The van der Waals surface area contributed by atoms with Gasteiger partial charge in [0.1, 0.15) is 0 Å². The van der Waals surface area contributed by atoms with Crippen LogP contribution in [0, 0.1) is 0 Å². The van der Waals surface area contributed by atoms with Crippen LogP contribution < -0.4 is 10.8 Å². The molecule has 0 fully saturated rings. The summed E-state index contributed by atoms with van der Waals surface area (Å²) < 4.78 is 0. The van der Waals surface area contributed by atoms with Crippen LogP contribution in [0.25, 0.3) is 0 Å². The lowest BCUT2D eigenvalue weighted by atomic mass is 10.1. The zero-order valence-corrected chi connectivity index (χ0v) is 10.4. The van der Waals surface area contributed by atoms with E-state index < -0.39 is 5.97 Å². The summed E-state index contributed by atoms with van der Waals surface area (Å²) in [6.07, 6.45) is 11.3. The number of unbranched alkanes of at least 4 members (excludes halogenated alkanes) is 7. The number of carbonyl (C=O) groups is 1. The normalized spacial score (nSPS) is 9.27. The highest BCUT2D eigenvalue weighted by Crippen LogP contribution is 2.07. The van der Waals surface area contributed by atoms with Crippen LogP contribution in [-0.4, -0.2) is 12.5 Å². The summed E-state index contributed by atoms with van der Waals surface area (Å²) in [6.45, 7) is 4.36. The minimum Gasteiger partial charge on any atom is -0.550 e. The first-order chi connectivity index (χ1) is 7.15. The van der Waals surface area contributed by atoms with Crippen LogP contribution in [0.5, 0.6) is 0 Å². The van der Waals surface area contributed by atoms with Gasteiger partial charge in [-0.2, -0.15) is 0 Å². The fourth-order valence-electron chi connectivity index (χ4n) is 1.31. The molecule has 0 bridgehead atoms. The zero-order valence-electron chi connectivity index (χ0n) is 10.4. The minimum absolute atomic E-state index is 0.972. The lowest BCUT2D eigenvalue weighted by molar-refractivity contribution is -0.368. The third-order valence-corrected chi connectivity index (χ3v) is 2.10. The fourth-order valence-corrected chi connectivity index (χ4v) is 1.31. The van der Waals surface area contributed by atoms with Crippen molar-refractivity contribution >= 4 is 5.97 Å². The SMILES string of the molecule is CC(=O)[O-].CCCCCCCCCC[NH3+]. The van der Waals surface area contributed by atoms with Crippen LogP contribution in [0.2, 0.25) is 0 Å². The Morgan fingerprint density at radius 2 is 1.33 bits per heavy atom. The predicted octanol–water partition coefficient (Wildman–Crippen LogP) is 1.13. The number of hydrogen-bond acceptors (Lipinski definition) is 2. The molecule has 0 saturated heterocycles. The van der Waals surface area contributed by atoms with Crippen LogP contribution in [0.1, 0.15) is 65.2 Å². The van der Waals surface area contributed by atoms with Gasteiger partial charge in [0.2, 0.25) is 0 Å². The molecule has 0 aliphatic rings. The van der Waals surface area contributed by atoms with Gasteiger partial charge in [0.25, 0.3) is 0 Å². The van der Waals surface area contributed by atoms with Gasteiger partial charge in [0.05, 0.1) is 6.54 Å². The highest BCUT2D eigenvalue weighted by Gasteiger charge is 1.89. The van der Waals surface area contributed by atoms with Gasteiger partial charge >= 0.3 is 0 Å². The second-order valence-electron chi connectivity index (χ2n) is 3.82. The Morgan fingerprint density at radius 3 is 1.67 bits per heavy atom. The second-order valence-corrected chi connectivity index (χ2v) is 3.82. The molecule has 0 spiro atoms. The summed E-state index contributed by atoms with van der Waals surface area (Å²) in [6, 6.07) is 0. The van der Waals surface area contributed by atoms with Crippen molar-refractivity contribution in [3.8, 4) is 0 Å². The standard InChI is InChI=1S/C10H23N.C2H4O2/c1-2-3-4-5-6-7-8-9-10-11;1-2(3)4/h2-11H2,1H3;1H3,(H,3,4). The molecule has 0 radical (unpaired) electrons. The van der Waals surface area contributed by atoms with E-state index in [0.29, 0.717) is 0 Å². The number of carboxylic acid groups (broad SMARTS) is 1. The van der Waals surface area contributed by atoms with E-state index >= 15 is 0 Å². The van der Waals surface area contributed by atoms with Crippen LogP contribution in [0.15, 0.2) is 0 Å². The maximum atomic E-state index is 8.89. The first-order valence-electron chi connectivity index (χ1n) is 6.12. The lowest BCUT2D eigenvalue weighted by Gasteiger charge is -1.98. The molecule has 0 atom stereocenters. The number of hydrogen-bond donors (Lipinski definition) is 1. The smallest absolute Gasteiger partial charge is 0.0739 e. The highest BCUT2D eigenvalue weighted by molar-refractivity contribution is 5.60. The van der Waals surface area contributed by atoms with E-state index in [-0.39, 0.29) is 0 Å². The third-order valence-electron chi connectivity index (χ3n) is 2.10. The summed E-state index contributed by atoms with van der Waals surface area (Å²) in [5, 5.41) is 8.89. The van der Waals surface area contributed by atoms with Crippen molar-refractivity contribution in [3.63, 3.8) is 0 Å². The van der Waals surface area contributed by atoms with Crippen molar-refractivity contribution < 1.29 is 15.6 Å². The molecule has 0 heterocycles. The molecule has 0 aliphatic heterocycles. The van der Waals surface area contributed by atoms with Crippen LogP contribution in [0.4, 0.5) is 0 Å². The van der Waals surface area contributed by atoms with Gasteiger partial charge in [-0.1, -0.05) is 45.4 Å². The average molecular weight is 217 g/mol. The Bertz CT molecular complexity index is 115. The van der Waals surface area contributed by atoms with Crippen molar-refractivity contribution in [2.75, 3.05) is 6.54 Å². The van der Waals surface area contributed by atoms with Gasteiger partial charge in [-0.05, 0) is 19.8 Å². The highest BCUT2D eigenvalue weighted by atomic mass is 16.4. The molecule has 0 unspecified atom stereocenters. The molecular formula is C12H27NO2. The van der Waals surface area contributed by atoms with Gasteiger partial charge < -0.3 is 15.6 Å². The summed E-state index contributed by atoms with van der Waals surface area (Å²) >= 11 is 0. The maximum Gasteiger partial charge on any atom is 0.0739 e. The number of quaternary nitrogens is 1. The molecule has 3 N–H and O–H groups in total. The van der Waals surface area contributed by atoms with Crippen molar-refractivity contribution in [3.05, 3.63) is 0 Å². The summed E-state index contributed by atoms with van der Waals surface area (Å²) in [5.74, 6) is -1.08. The van der Waals surface area contributed by atoms with Gasteiger partial charge in [-0.3, -0.25) is 0 Å². The van der Waals surface area contributed by atoms with Crippen molar-refractivity contribution in [1.29, 1.82) is 0 Å². The summed E-state index contributed by atoms with van der Waals surface area (Å²) in [4.78, 5) is 8.89. The molecule has 0 rings (SSSR count). The number of carbonyl (C=O) groups excluding carboxylic acids is 1. The van der Waals surface area contributed by atoms with E-state index in [1.54, 1.807) is 0 Å². The monoisotopic (exact) mass is 217 g/mol. The van der Waals surface area contributed by atoms with Crippen molar-refractivity contribution in [2.45, 2.75) is 65.2 Å². The minimum atomic E-state index is -1.08. The van der Waals surface area contributed by atoms with Crippen molar-refractivity contribution in [1.82, 2.24) is 0 Å². The summed E-state index contributed by atoms with van der Waals surface area (Å²) in [7, 11) is 0. The Kier molecular flexibility index (Phi) is 17.8. The Morgan fingerprint density at radius 1 is 1.00 bits per heavy atom. The van der Waals surface area contributed by atoms with E-state index in [2.05, 4.69) is 12.7 Å². The molecule has 0 saturated carbocycles. The molecular weight excluding hydrogens is 190 g/mol. The molecule has 0 aromatic rings.